The Labute approximate surface area is 102 Å². The summed E-state index contributed by atoms with van der Waals surface area (Å²) >= 11 is 5.04. The number of amides is 1. The highest BCUT2D eigenvalue weighted by Crippen LogP contribution is 2.51. The van der Waals surface area contributed by atoms with Crippen molar-refractivity contribution < 1.29 is 4.79 Å². The fraction of sp³-hybridized carbons (Fsp3) is 0.833. The first-order valence-electron chi connectivity index (χ1n) is 6.01. The first-order chi connectivity index (χ1) is 7.42. The minimum Gasteiger partial charge on any atom is -0.393 e. The van der Waals surface area contributed by atoms with E-state index in [0.29, 0.717) is 4.99 Å². The van der Waals surface area contributed by atoms with E-state index in [1.165, 1.54) is 0 Å². The summed E-state index contributed by atoms with van der Waals surface area (Å²) in [6, 6.07) is 0.182. The number of nitrogens with two attached hydrogens (primary N) is 1. The van der Waals surface area contributed by atoms with Crippen LogP contribution in [0.15, 0.2) is 0 Å². The monoisotopic (exact) mass is 240 g/mol. The van der Waals surface area contributed by atoms with E-state index >= 15 is 0 Å². The van der Waals surface area contributed by atoms with Gasteiger partial charge < -0.3 is 11.1 Å². The highest BCUT2D eigenvalue weighted by molar-refractivity contribution is 7.80. The quantitative estimate of drug-likeness (QED) is 0.737. The van der Waals surface area contributed by atoms with Crippen molar-refractivity contribution in [2.24, 2.45) is 23.0 Å². The molecular formula is C12H20N2OS. The summed E-state index contributed by atoms with van der Waals surface area (Å²) in [4.78, 5) is 12.5. The smallest absolute Gasteiger partial charge is 0.223 e. The van der Waals surface area contributed by atoms with Crippen LogP contribution in [0.4, 0.5) is 0 Å². The Kier molecular flexibility index (Phi) is 2.95. The minimum absolute atomic E-state index is 0.182. The van der Waals surface area contributed by atoms with Gasteiger partial charge in [-0.25, -0.2) is 0 Å². The van der Waals surface area contributed by atoms with E-state index in [9.17, 15) is 4.79 Å². The van der Waals surface area contributed by atoms with E-state index in [0.717, 1.165) is 25.7 Å². The fourth-order valence-corrected chi connectivity index (χ4v) is 2.95. The van der Waals surface area contributed by atoms with Crippen molar-refractivity contribution in [1.82, 2.24) is 5.32 Å². The second-order valence-corrected chi connectivity index (χ2v) is 6.27. The van der Waals surface area contributed by atoms with Gasteiger partial charge in [-0.2, -0.15) is 0 Å². The number of hydrogen-bond acceptors (Lipinski definition) is 2. The largest absolute Gasteiger partial charge is 0.393 e. The summed E-state index contributed by atoms with van der Waals surface area (Å²) in [5.41, 5.74) is 5.88. The molecule has 90 valence electrons. The lowest BCUT2D eigenvalue weighted by Crippen LogP contribution is -2.42. The van der Waals surface area contributed by atoms with E-state index < -0.39 is 0 Å². The zero-order chi connectivity index (χ0) is 11.9. The second kappa shape index (κ2) is 3.99. The maximum absolute atomic E-state index is 11.9. The van der Waals surface area contributed by atoms with Crippen LogP contribution in [0.5, 0.6) is 0 Å². The molecule has 0 heterocycles. The summed E-state index contributed by atoms with van der Waals surface area (Å²) in [7, 11) is 0. The van der Waals surface area contributed by atoms with Crippen molar-refractivity contribution in [2.45, 2.75) is 45.6 Å². The van der Waals surface area contributed by atoms with Crippen LogP contribution in [-0.4, -0.2) is 16.9 Å². The van der Waals surface area contributed by atoms with Crippen LogP contribution in [-0.2, 0) is 4.79 Å². The third kappa shape index (κ3) is 2.21. The van der Waals surface area contributed by atoms with Crippen molar-refractivity contribution in [2.75, 3.05) is 0 Å². The standard InChI is InChI=1S/C12H20N2OS/c1-12(2)6-8(12)11(15)14-9-5-3-4-7(9)10(13)16/h7-9H,3-6H2,1-2H3,(H2,13,16)(H,14,15). The van der Waals surface area contributed by atoms with Gasteiger partial charge in [0, 0.05) is 17.9 Å². The van der Waals surface area contributed by atoms with E-state index in [-0.39, 0.29) is 29.2 Å². The average molecular weight is 240 g/mol. The predicted molar refractivity (Wildman–Crippen MR) is 67.9 cm³/mol. The van der Waals surface area contributed by atoms with Crippen molar-refractivity contribution in [1.29, 1.82) is 0 Å². The molecule has 4 heteroatoms. The lowest BCUT2D eigenvalue weighted by molar-refractivity contribution is -0.123. The van der Waals surface area contributed by atoms with Crippen LogP contribution in [0, 0.1) is 17.3 Å². The molecule has 3 unspecified atom stereocenters. The lowest BCUT2D eigenvalue weighted by atomic mass is 10.0. The first kappa shape index (κ1) is 11.8. The lowest BCUT2D eigenvalue weighted by Gasteiger charge is -2.20. The first-order valence-corrected chi connectivity index (χ1v) is 6.42. The molecule has 2 aliphatic carbocycles. The molecule has 0 aromatic carbocycles. The zero-order valence-electron chi connectivity index (χ0n) is 9.95. The van der Waals surface area contributed by atoms with Gasteiger partial charge in [-0.15, -0.1) is 0 Å². The molecule has 16 heavy (non-hydrogen) atoms. The third-order valence-electron chi connectivity index (χ3n) is 4.04. The molecule has 2 fully saturated rings. The van der Waals surface area contributed by atoms with Gasteiger partial charge in [0.15, 0.2) is 0 Å². The normalized spacial score (nSPS) is 35.8. The number of hydrogen-bond donors (Lipinski definition) is 2. The van der Waals surface area contributed by atoms with Gasteiger partial charge >= 0.3 is 0 Å². The predicted octanol–water partition coefficient (Wildman–Crippen LogP) is 1.60. The summed E-state index contributed by atoms with van der Waals surface area (Å²) in [5, 5.41) is 3.12. The highest BCUT2D eigenvalue weighted by Gasteiger charge is 2.51. The molecule has 0 aliphatic heterocycles. The highest BCUT2D eigenvalue weighted by atomic mass is 32.1. The molecule has 0 spiro atoms. The van der Waals surface area contributed by atoms with Gasteiger partial charge in [0.2, 0.25) is 5.91 Å². The average Bonchev–Trinajstić information content (AvgIpc) is 2.61. The summed E-state index contributed by atoms with van der Waals surface area (Å²) in [6.45, 7) is 4.27. The van der Waals surface area contributed by atoms with Crippen LogP contribution >= 0.6 is 12.2 Å². The van der Waals surface area contributed by atoms with Gasteiger partial charge in [-0.05, 0) is 24.7 Å². The Morgan fingerprint density at radius 1 is 1.44 bits per heavy atom. The molecule has 0 saturated heterocycles. The van der Waals surface area contributed by atoms with Gasteiger partial charge in [0.05, 0.1) is 4.99 Å². The molecule has 0 aromatic heterocycles. The SMILES string of the molecule is CC1(C)CC1C(=O)NC1CCCC1C(N)=S. The van der Waals surface area contributed by atoms with Gasteiger partial charge in [-0.1, -0.05) is 32.5 Å². The fourth-order valence-electron chi connectivity index (χ4n) is 2.67. The zero-order valence-corrected chi connectivity index (χ0v) is 10.8. The molecule has 3 atom stereocenters. The van der Waals surface area contributed by atoms with Crippen molar-refractivity contribution in [3.05, 3.63) is 0 Å². The number of nitrogens with one attached hydrogen (secondary N) is 1. The number of rotatable bonds is 3. The van der Waals surface area contributed by atoms with Crippen molar-refractivity contribution in [3.8, 4) is 0 Å². The van der Waals surface area contributed by atoms with Crippen LogP contribution in [0.25, 0.3) is 0 Å². The van der Waals surface area contributed by atoms with Crippen molar-refractivity contribution >= 4 is 23.1 Å². The van der Waals surface area contributed by atoms with Crippen LogP contribution in [0.3, 0.4) is 0 Å². The minimum atomic E-state index is 0.182. The van der Waals surface area contributed by atoms with Gasteiger partial charge in [0.1, 0.15) is 0 Å². The molecular weight excluding hydrogens is 220 g/mol. The molecule has 3 N–H and O–H groups in total. The molecule has 0 aromatic rings. The molecule has 1 amide bonds. The molecule has 0 bridgehead atoms. The summed E-state index contributed by atoms with van der Waals surface area (Å²) in [5.74, 6) is 0.596. The summed E-state index contributed by atoms with van der Waals surface area (Å²) in [6.07, 6.45) is 4.15. The Balaban J connectivity index is 1.90. The second-order valence-electron chi connectivity index (χ2n) is 5.80. The Morgan fingerprint density at radius 2 is 2.06 bits per heavy atom. The number of thiocarbonyl (C=S) groups is 1. The third-order valence-corrected chi connectivity index (χ3v) is 4.34. The topological polar surface area (TPSA) is 55.1 Å². The number of carbonyl (C=O) groups is 1. The van der Waals surface area contributed by atoms with Crippen LogP contribution < -0.4 is 11.1 Å². The maximum Gasteiger partial charge on any atom is 0.223 e. The van der Waals surface area contributed by atoms with E-state index in [2.05, 4.69) is 19.2 Å². The van der Waals surface area contributed by atoms with E-state index in [4.69, 9.17) is 18.0 Å². The van der Waals surface area contributed by atoms with E-state index in [1.807, 2.05) is 0 Å². The molecule has 2 aliphatic rings. The van der Waals surface area contributed by atoms with Crippen LogP contribution in [0.1, 0.15) is 39.5 Å². The molecule has 2 saturated carbocycles. The number of carbonyl (C=O) groups excluding carboxylic acids is 1. The maximum atomic E-state index is 11.9. The Bertz CT molecular complexity index is 327. The van der Waals surface area contributed by atoms with Crippen LogP contribution in [0.2, 0.25) is 0 Å². The molecule has 3 nitrogen and oxygen atoms in total. The Hall–Kier alpha value is -0.640. The van der Waals surface area contributed by atoms with Gasteiger partial charge in [-0.3, -0.25) is 4.79 Å². The Morgan fingerprint density at radius 3 is 2.56 bits per heavy atom. The van der Waals surface area contributed by atoms with Crippen molar-refractivity contribution in [3.63, 3.8) is 0 Å². The molecule has 0 radical (unpaired) electrons. The summed E-state index contributed by atoms with van der Waals surface area (Å²) < 4.78 is 0. The molecule has 2 rings (SSSR count). The van der Waals surface area contributed by atoms with E-state index in [1.54, 1.807) is 0 Å². The van der Waals surface area contributed by atoms with Gasteiger partial charge in [0.25, 0.3) is 0 Å².